The number of hydrogen-bond donors (Lipinski definition) is 2. The lowest BCUT2D eigenvalue weighted by molar-refractivity contribution is 0.362. The minimum absolute atomic E-state index is 0.143. The van der Waals surface area contributed by atoms with Gasteiger partial charge in [0.2, 0.25) is 0 Å². The molecule has 1 fully saturated rings. The number of rotatable bonds is 2. The predicted octanol–water partition coefficient (Wildman–Crippen LogP) is 2.63. The highest BCUT2D eigenvalue weighted by Crippen LogP contribution is 2.23. The molecule has 2 rings (SSSR count). The van der Waals surface area contributed by atoms with E-state index in [1.807, 2.05) is 5.01 Å². The third kappa shape index (κ3) is 2.28. The lowest BCUT2D eigenvalue weighted by Crippen LogP contribution is -2.47. The van der Waals surface area contributed by atoms with E-state index in [2.05, 4.69) is 56.6 Å². The van der Waals surface area contributed by atoms with Gasteiger partial charge in [-0.25, -0.2) is 5.43 Å². The van der Waals surface area contributed by atoms with Gasteiger partial charge in [-0.1, -0.05) is 13.0 Å². The summed E-state index contributed by atoms with van der Waals surface area (Å²) in [6.07, 6.45) is 0.967. The van der Waals surface area contributed by atoms with E-state index >= 15 is 0 Å². The number of aryl methyl sites for hydroxylation is 2. The van der Waals surface area contributed by atoms with Crippen molar-refractivity contribution in [3.63, 3.8) is 0 Å². The molecule has 92 valence electrons. The Bertz CT molecular complexity index is 458. The maximum Gasteiger partial charge on any atom is 0.189 e. The maximum atomic E-state index is 5.37. The smallest absolute Gasteiger partial charge is 0.189 e. The first-order valence-corrected chi connectivity index (χ1v) is 6.33. The van der Waals surface area contributed by atoms with Crippen LogP contribution in [0.2, 0.25) is 0 Å². The Morgan fingerprint density at radius 3 is 2.53 bits per heavy atom. The monoisotopic (exact) mass is 249 g/mol. The van der Waals surface area contributed by atoms with Crippen molar-refractivity contribution in [1.29, 1.82) is 0 Å². The van der Waals surface area contributed by atoms with Crippen LogP contribution in [0.4, 0.5) is 5.69 Å². The standard InChI is InChI=1S/C13H19N3S/c1-5-13(4)14-12(17)16(15-13)11-7-6-9(2)10(3)8-11/h6-8,15H,5H2,1-4H3,(H,14,17)/t13-/m1/s1. The second-order valence-electron chi connectivity index (χ2n) is 4.83. The molecular formula is C13H19N3S. The fraction of sp³-hybridized carbons (Fsp3) is 0.462. The average molecular weight is 249 g/mol. The molecule has 1 atom stereocenters. The van der Waals surface area contributed by atoms with Gasteiger partial charge in [-0.2, -0.15) is 0 Å². The summed E-state index contributed by atoms with van der Waals surface area (Å²) in [4.78, 5) is 0. The van der Waals surface area contributed by atoms with Crippen LogP contribution < -0.4 is 15.8 Å². The van der Waals surface area contributed by atoms with Crippen LogP contribution in [0.25, 0.3) is 0 Å². The van der Waals surface area contributed by atoms with Crippen molar-refractivity contribution in [2.75, 3.05) is 5.01 Å². The molecule has 4 heteroatoms. The molecule has 1 aromatic rings. The van der Waals surface area contributed by atoms with Crippen LogP contribution in [0.5, 0.6) is 0 Å². The summed E-state index contributed by atoms with van der Waals surface area (Å²) in [7, 11) is 0. The normalized spacial score (nSPS) is 24.0. The first-order valence-electron chi connectivity index (χ1n) is 5.92. The second-order valence-corrected chi connectivity index (χ2v) is 5.22. The molecule has 1 heterocycles. The SMILES string of the molecule is CC[C@]1(C)NC(=S)N(c2ccc(C)c(C)c2)N1. The van der Waals surface area contributed by atoms with Crippen molar-refractivity contribution in [3.05, 3.63) is 29.3 Å². The molecule has 1 saturated heterocycles. The summed E-state index contributed by atoms with van der Waals surface area (Å²) in [5.41, 5.74) is 6.93. The van der Waals surface area contributed by atoms with Crippen LogP contribution in [0.15, 0.2) is 18.2 Å². The van der Waals surface area contributed by atoms with Gasteiger partial charge in [-0.15, -0.1) is 0 Å². The number of hydrogen-bond acceptors (Lipinski definition) is 2. The van der Waals surface area contributed by atoms with Crippen molar-refractivity contribution in [2.45, 2.75) is 39.8 Å². The maximum absolute atomic E-state index is 5.37. The Balaban J connectivity index is 2.29. The largest absolute Gasteiger partial charge is 0.342 e. The Labute approximate surface area is 108 Å². The number of nitrogens with one attached hydrogen (secondary N) is 2. The Hall–Kier alpha value is -1.13. The Morgan fingerprint density at radius 2 is 2.00 bits per heavy atom. The highest BCUT2D eigenvalue weighted by atomic mass is 32.1. The molecule has 0 radical (unpaired) electrons. The van der Waals surface area contributed by atoms with Gasteiger partial charge in [0.05, 0.1) is 5.69 Å². The summed E-state index contributed by atoms with van der Waals surface area (Å²) in [5, 5.41) is 5.99. The summed E-state index contributed by atoms with van der Waals surface area (Å²) < 4.78 is 0. The molecular weight excluding hydrogens is 230 g/mol. The fourth-order valence-electron chi connectivity index (χ4n) is 1.83. The molecule has 1 aliphatic rings. The van der Waals surface area contributed by atoms with Gasteiger partial charge < -0.3 is 5.32 Å². The van der Waals surface area contributed by atoms with Crippen LogP contribution in [0.1, 0.15) is 31.4 Å². The molecule has 0 unspecified atom stereocenters. The zero-order valence-corrected chi connectivity index (χ0v) is 11.6. The molecule has 0 spiro atoms. The average Bonchev–Trinajstić information content (AvgIpc) is 2.59. The van der Waals surface area contributed by atoms with Crippen LogP contribution in [-0.2, 0) is 0 Å². The van der Waals surface area contributed by atoms with Crippen molar-refractivity contribution < 1.29 is 0 Å². The number of nitrogens with zero attached hydrogens (tertiary/aromatic N) is 1. The summed E-state index contributed by atoms with van der Waals surface area (Å²) in [5.74, 6) is 0. The van der Waals surface area contributed by atoms with Gasteiger partial charge in [-0.05, 0) is 62.7 Å². The zero-order chi connectivity index (χ0) is 12.6. The number of benzene rings is 1. The van der Waals surface area contributed by atoms with Crippen molar-refractivity contribution in [3.8, 4) is 0 Å². The number of thiocarbonyl (C=S) groups is 1. The molecule has 0 bridgehead atoms. The molecule has 1 aliphatic heterocycles. The molecule has 2 N–H and O–H groups in total. The van der Waals surface area contributed by atoms with Crippen LogP contribution in [0, 0.1) is 13.8 Å². The van der Waals surface area contributed by atoms with Crippen LogP contribution in [0.3, 0.4) is 0 Å². The highest BCUT2D eigenvalue weighted by molar-refractivity contribution is 7.80. The summed E-state index contributed by atoms with van der Waals surface area (Å²) in [6.45, 7) is 8.47. The quantitative estimate of drug-likeness (QED) is 0.788. The molecule has 0 saturated carbocycles. The van der Waals surface area contributed by atoms with Gasteiger partial charge in [-0.3, -0.25) is 5.01 Å². The third-order valence-electron chi connectivity index (χ3n) is 3.40. The minimum atomic E-state index is -0.143. The highest BCUT2D eigenvalue weighted by Gasteiger charge is 2.34. The minimum Gasteiger partial charge on any atom is -0.342 e. The van der Waals surface area contributed by atoms with E-state index in [-0.39, 0.29) is 5.66 Å². The summed E-state index contributed by atoms with van der Waals surface area (Å²) >= 11 is 5.37. The van der Waals surface area contributed by atoms with Crippen molar-refractivity contribution in [2.24, 2.45) is 0 Å². The lowest BCUT2D eigenvalue weighted by Gasteiger charge is -2.24. The van der Waals surface area contributed by atoms with Crippen LogP contribution >= 0.6 is 12.2 Å². The van der Waals surface area contributed by atoms with E-state index in [0.717, 1.165) is 17.2 Å². The van der Waals surface area contributed by atoms with E-state index in [0.29, 0.717) is 0 Å². The van der Waals surface area contributed by atoms with E-state index < -0.39 is 0 Å². The molecule has 0 aromatic heterocycles. The van der Waals surface area contributed by atoms with E-state index in [1.54, 1.807) is 0 Å². The van der Waals surface area contributed by atoms with Gasteiger partial charge >= 0.3 is 0 Å². The van der Waals surface area contributed by atoms with E-state index in [4.69, 9.17) is 12.2 Å². The molecule has 1 aromatic carbocycles. The lowest BCUT2D eigenvalue weighted by atomic mass is 10.1. The van der Waals surface area contributed by atoms with Gasteiger partial charge in [0.15, 0.2) is 5.11 Å². The van der Waals surface area contributed by atoms with Crippen molar-refractivity contribution >= 4 is 23.0 Å². The molecule has 3 nitrogen and oxygen atoms in total. The van der Waals surface area contributed by atoms with Crippen LogP contribution in [-0.4, -0.2) is 10.8 Å². The first-order chi connectivity index (χ1) is 7.95. The van der Waals surface area contributed by atoms with E-state index in [9.17, 15) is 0 Å². The Kier molecular flexibility index (Phi) is 3.10. The van der Waals surface area contributed by atoms with Gasteiger partial charge in [0, 0.05) is 0 Å². The second kappa shape index (κ2) is 4.27. The first kappa shape index (κ1) is 12.3. The number of anilines is 1. The van der Waals surface area contributed by atoms with Gasteiger partial charge in [0.25, 0.3) is 0 Å². The molecule has 0 aliphatic carbocycles. The molecule has 0 amide bonds. The molecule has 17 heavy (non-hydrogen) atoms. The van der Waals surface area contributed by atoms with E-state index in [1.165, 1.54) is 11.1 Å². The summed E-state index contributed by atoms with van der Waals surface area (Å²) in [6, 6.07) is 6.36. The predicted molar refractivity (Wildman–Crippen MR) is 76.0 cm³/mol. The third-order valence-corrected chi connectivity index (χ3v) is 3.68. The zero-order valence-electron chi connectivity index (χ0n) is 10.8. The number of hydrazine groups is 1. The van der Waals surface area contributed by atoms with Crippen molar-refractivity contribution in [1.82, 2.24) is 10.7 Å². The fourth-order valence-corrected chi connectivity index (χ4v) is 2.21. The van der Waals surface area contributed by atoms with Gasteiger partial charge in [0.1, 0.15) is 5.66 Å². The Morgan fingerprint density at radius 1 is 1.29 bits per heavy atom. The topological polar surface area (TPSA) is 27.3 Å².